The summed E-state index contributed by atoms with van der Waals surface area (Å²) >= 11 is 6.22. The van der Waals surface area contributed by atoms with Gasteiger partial charge in [0.1, 0.15) is 10.1 Å². The first-order chi connectivity index (χ1) is 9.63. The van der Waals surface area contributed by atoms with Gasteiger partial charge >= 0.3 is 0 Å². The fourth-order valence-electron chi connectivity index (χ4n) is 1.92. The van der Waals surface area contributed by atoms with Crippen LogP contribution in [0, 0.1) is 0 Å². The monoisotopic (exact) mass is 302 g/mol. The molecule has 1 aliphatic heterocycles. The van der Waals surface area contributed by atoms with Gasteiger partial charge in [-0.2, -0.15) is 0 Å². The molecule has 100 valence electrons. The fraction of sp³-hybridized carbons (Fsp3) is 0. The Bertz CT molecular complexity index is 717. The number of rotatable bonds is 2. The molecule has 1 aromatic carbocycles. The maximum atomic E-state index is 11.7. The second-order valence-electron chi connectivity index (χ2n) is 4.17. The molecule has 0 atom stereocenters. The molecule has 2 aromatic rings. The van der Waals surface area contributed by atoms with Crippen LogP contribution in [0.2, 0.25) is 0 Å². The highest BCUT2D eigenvalue weighted by Gasteiger charge is 2.22. The zero-order valence-electron chi connectivity index (χ0n) is 10.2. The van der Waals surface area contributed by atoms with Crippen molar-refractivity contribution in [2.75, 3.05) is 0 Å². The van der Waals surface area contributed by atoms with E-state index in [-0.39, 0.29) is 11.7 Å². The molecule has 0 radical (unpaired) electrons. The number of phenols is 1. The lowest BCUT2D eigenvalue weighted by Crippen LogP contribution is -2.17. The largest absolute Gasteiger partial charge is 0.508 e. The van der Waals surface area contributed by atoms with Gasteiger partial charge in [-0.15, -0.1) is 0 Å². The van der Waals surface area contributed by atoms with Gasteiger partial charge in [-0.1, -0.05) is 24.0 Å². The average Bonchev–Trinajstić information content (AvgIpc) is 2.98. The first-order valence-corrected chi connectivity index (χ1v) is 7.07. The molecule has 0 aliphatic carbocycles. The molecule has 1 saturated heterocycles. The van der Waals surface area contributed by atoms with Crippen LogP contribution in [0.15, 0.2) is 47.5 Å². The molecule has 0 unspecified atom stereocenters. The van der Waals surface area contributed by atoms with E-state index in [9.17, 15) is 9.90 Å². The molecule has 0 spiro atoms. The van der Waals surface area contributed by atoms with Crippen LogP contribution in [0.3, 0.4) is 0 Å². The molecule has 1 fully saturated rings. The fourth-order valence-corrected chi connectivity index (χ4v) is 2.94. The lowest BCUT2D eigenvalue weighted by molar-refractivity contribution is -0.115. The third-order valence-corrected chi connectivity index (χ3v) is 3.99. The first-order valence-electron chi connectivity index (χ1n) is 5.85. The maximum Gasteiger partial charge on any atom is 0.263 e. The average molecular weight is 302 g/mol. The Balaban J connectivity index is 1.99. The molecule has 3 rings (SSSR count). The van der Waals surface area contributed by atoms with Crippen LogP contribution in [0.1, 0.15) is 5.69 Å². The van der Waals surface area contributed by atoms with Gasteiger partial charge in [-0.3, -0.25) is 4.79 Å². The van der Waals surface area contributed by atoms with Crippen LogP contribution in [-0.4, -0.2) is 19.9 Å². The highest BCUT2D eigenvalue weighted by atomic mass is 32.2. The molecule has 6 heteroatoms. The maximum absolute atomic E-state index is 11.7. The minimum atomic E-state index is -0.168. The second-order valence-corrected chi connectivity index (χ2v) is 5.89. The van der Waals surface area contributed by atoms with Gasteiger partial charge in [-0.05, 0) is 42.5 Å². The third kappa shape index (κ3) is 2.48. The van der Waals surface area contributed by atoms with Crippen molar-refractivity contribution >= 4 is 40.3 Å². The molecule has 4 nitrogen and oxygen atoms in total. The summed E-state index contributed by atoms with van der Waals surface area (Å²) < 4.78 is 2.41. The summed E-state index contributed by atoms with van der Waals surface area (Å²) in [6, 6.07) is 10.7. The van der Waals surface area contributed by atoms with E-state index in [1.54, 1.807) is 18.2 Å². The number of amides is 1. The number of hydrogen-bond acceptors (Lipinski definition) is 4. The van der Waals surface area contributed by atoms with E-state index in [1.165, 1.54) is 11.8 Å². The summed E-state index contributed by atoms with van der Waals surface area (Å²) in [6.07, 6.45) is 3.70. The predicted octanol–water partition coefficient (Wildman–Crippen LogP) is 2.67. The van der Waals surface area contributed by atoms with Crippen LogP contribution in [-0.2, 0) is 4.79 Å². The quantitative estimate of drug-likeness (QED) is 0.661. The van der Waals surface area contributed by atoms with Crippen molar-refractivity contribution in [3.63, 3.8) is 0 Å². The summed E-state index contributed by atoms with van der Waals surface area (Å²) in [5.41, 5.74) is 1.78. The Hall–Kier alpha value is -2.05. The molecule has 0 bridgehead atoms. The van der Waals surface area contributed by atoms with E-state index in [1.807, 2.05) is 35.0 Å². The molecular formula is C14H10N2O2S2. The summed E-state index contributed by atoms with van der Waals surface area (Å²) in [4.78, 5) is 12.3. The van der Waals surface area contributed by atoms with E-state index in [0.29, 0.717) is 9.23 Å². The van der Waals surface area contributed by atoms with Crippen LogP contribution < -0.4 is 5.32 Å². The summed E-state index contributed by atoms with van der Waals surface area (Å²) in [6.45, 7) is 0. The van der Waals surface area contributed by atoms with E-state index < -0.39 is 0 Å². The van der Waals surface area contributed by atoms with Gasteiger partial charge in [0.2, 0.25) is 0 Å². The predicted molar refractivity (Wildman–Crippen MR) is 83.7 cm³/mol. The van der Waals surface area contributed by atoms with Crippen LogP contribution in [0.5, 0.6) is 5.75 Å². The van der Waals surface area contributed by atoms with Crippen molar-refractivity contribution in [3.8, 4) is 11.4 Å². The Morgan fingerprint density at radius 3 is 2.65 bits per heavy atom. The Labute approximate surface area is 125 Å². The summed E-state index contributed by atoms with van der Waals surface area (Å²) in [5, 5.41) is 11.9. The number of thioether (sulfide) groups is 1. The molecule has 2 N–H and O–H groups in total. The van der Waals surface area contributed by atoms with Crippen LogP contribution >= 0.6 is 24.0 Å². The highest BCUT2D eigenvalue weighted by molar-refractivity contribution is 8.26. The number of carbonyl (C=O) groups excluding carboxylic acids is 1. The lowest BCUT2D eigenvalue weighted by Gasteiger charge is -2.06. The van der Waals surface area contributed by atoms with Crippen molar-refractivity contribution in [1.82, 2.24) is 9.88 Å². The zero-order valence-corrected chi connectivity index (χ0v) is 11.9. The third-order valence-electron chi connectivity index (χ3n) is 2.83. The summed E-state index contributed by atoms with van der Waals surface area (Å²) in [7, 11) is 0. The van der Waals surface area contributed by atoms with E-state index >= 15 is 0 Å². The number of aromatic nitrogens is 1. The van der Waals surface area contributed by atoms with Gasteiger partial charge in [-0.25, -0.2) is 0 Å². The van der Waals surface area contributed by atoms with Crippen molar-refractivity contribution in [2.24, 2.45) is 0 Å². The smallest absolute Gasteiger partial charge is 0.263 e. The van der Waals surface area contributed by atoms with E-state index in [4.69, 9.17) is 12.2 Å². The van der Waals surface area contributed by atoms with E-state index in [2.05, 4.69) is 5.32 Å². The van der Waals surface area contributed by atoms with Crippen molar-refractivity contribution in [2.45, 2.75) is 0 Å². The van der Waals surface area contributed by atoms with Gasteiger partial charge in [0.05, 0.1) is 4.91 Å². The topological polar surface area (TPSA) is 54.3 Å². The molecule has 1 aromatic heterocycles. The molecular weight excluding hydrogens is 292 g/mol. The Morgan fingerprint density at radius 1 is 1.25 bits per heavy atom. The van der Waals surface area contributed by atoms with E-state index in [0.717, 1.165) is 11.4 Å². The normalized spacial score (nSPS) is 16.7. The van der Waals surface area contributed by atoms with Gasteiger partial charge in [0.25, 0.3) is 5.91 Å². The minimum Gasteiger partial charge on any atom is -0.508 e. The molecule has 2 heterocycles. The number of nitrogens with one attached hydrogen (secondary N) is 1. The number of carbonyl (C=O) groups is 1. The van der Waals surface area contributed by atoms with Crippen molar-refractivity contribution in [3.05, 3.63) is 53.2 Å². The molecule has 1 amide bonds. The number of thiocarbonyl (C=S) groups is 1. The second kappa shape index (κ2) is 5.15. The Morgan fingerprint density at radius 2 is 2.00 bits per heavy atom. The SMILES string of the molecule is O=C1NC(=S)SC1=Cc1cccn1-c1ccc(O)cc1. The number of hydrogen-bond donors (Lipinski definition) is 2. The number of aromatic hydroxyl groups is 1. The first kappa shape index (κ1) is 13.0. The van der Waals surface area contributed by atoms with Gasteiger partial charge in [0.15, 0.2) is 0 Å². The molecule has 1 aliphatic rings. The number of benzene rings is 1. The lowest BCUT2D eigenvalue weighted by atomic mass is 10.3. The van der Waals surface area contributed by atoms with Gasteiger partial charge in [0, 0.05) is 17.6 Å². The standard InChI is InChI=1S/C14H10N2O2S2/c17-11-5-3-9(4-6-11)16-7-1-2-10(16)8-12-13(18)15-14(19)20-12/h1-8,17H,(H,15,18,19). The molecule has 20 heavy (non-hydrogen) atoms. The minimum absolute atomic E-state index is 0.168. The summed E-state index contributed by atoms with van der Waals surface area (Å²) in [5.74, 6) is 0.0512. The molecule has 0 saturated carbocycles. The zero-order chi connectivity index (χ0) is 14.1. The number of phenolic OH excluding ortho intramolecular Hbond substituents is 1. The highest BCUT2D eigenvalue weighted by Crippen LogP contribution is 2.27. The van der Waals surface area contributed by atoms with Crippen LogP contribution in [0.25, 0.3) is 11.8 Å². The Kier molecular flexibility index (Phi) is 3.33. The van der Waals surface area contributed by atoms with Crippen LogP contribution in [0.4, 0.5) is 0 Å². The van der Waals surface area contributed by atoms with Gasteiger partial charge < -0.3 is 15.0 Å². The van der Waals surface area contributed by atoms with Crippen molar-refractivity contribution in [1.29, 1.82) is 0 Å². The van der Waals surface area contributed by atoms with Crippen molar-refractivity contribution < 1.29 is 9.90 Å². The number of nitrogens with zero attached hydrogens (tertiary/aromatic N) is 1.